The number of benzene rings is 1. The largest absolute Gasteiger partial charge is 0.306 e. The number of nitrogens with zero attached hydrogens (tertiary/aromatic N) is 2. The molecule has 0 atom stereocenters. The zero-order valence-corrected chi connectivity index (χ0v) is 13.3. The highest BCUT2D eigenvalue weighted by Gasteiger charge is 2.08. The maximum atomic E-state index is 5.94. The fourth-order valence-electron chi connectivity index (χ4n) is 2.31. The number of imidazole rings is 1. The Morgan fingerprint density at radius 3 is 2.67 bits per heavy atom. The predicted octanol–water partition coefficient (Wildman–Crippen LogP) is 4.19. The Kier molecular flexibility index (Phi) is 4.39. The molecule has 0 amide bonds. The van der Waals surface area contributed by atoms with Crippen LogP contribution in [0.4, 0.5) is 0 Å². The number of para-hydroxylation sites is 1. The molecular weight excluding hydrogens is 302 g/mol. The number of hydrogen-bond donors (Lipinski definition) is 1. The lowest BCUT2D eigenvalue weighted by Crippen LogP contribution is -2.15. The molecule has 5 heteroatoms. The Morgan fingerprint density at radius 2 is 1.95 bits per heavy atom. The Morgan fingerprint density at radius 1 is 1.14 bits per heavy atom. The molecule has 0 aliphatic carbocycles. The van der Waals surface area contributed by atoms with Gasteiger partial charge in [-0.1, -0.05) is 29.8 Å². The van der Waals surface area contributed by atoms with E-state index in [9.17, 15) is 0 Å². The van der Waals surface area contributed by atoms with Crippen molar-refractivity contribution < 1.29 is 0 Å². The van der Waals surface area contributed by atoms with Crippen molar-refractivity contribution in [2.75, 3.05) is 0 Å². The highest BCUT2D eigenvalue weighted by atomic mass is 35.5. The Balaban J connectivity index is 1.72. The van der Waals surface area contributed by atoms with Crippen LogP contribution >= 0.6 is 22.9 Å². The molecule has 2 aromatic heterocycles. The van der Waals surface area contributed by atoms with Gasteiger partial charge in [0.25, 0.3) is 0 Å². The van der Waals surface area contributed by atoms with Gasteiger partial charge >= 0.3 is 0 Å². The van der Waals surface area contributed by atoms with Crippen molar-refractivity contribution in [2.24, 2.45) is 0 Å². The van der Waals surface area contributed by atoms with E-state index >= 15 is 0 Å². The van der Waals surface area contributed by atoms with E-state index in [-0.39, 0.29) is 0 Å². The van der Waals surface area contributed by atoms with Crippen LogP contribution in [0.2, 0.25) is 4.34 Å². The molecule has 3 aromatic rings. The molecule has 0 spiro atoms. The predicted molar refractivity (Wildman–Crippen MR) is 88.2 cm³/mol. The van der Waals surface area contributed by atoms with Gasteiger partial charge in [0, 0.05) is 23.7 Å². The van der Waals surface area contributed by atoms with Crippen LogP contribution in [0.25, 0.3) is 5.69 Å². The molecule has 0 aliphatic heterocycles. The van der Waals surface area contributed by atoms with Gasteiger partial charge in [0.1, 0.15) is 5.82 Å². The van der Waals surface area contributed by atoms with Crippen molar-refractivity contribution in [3.63, 3.8) is 0 Å². The van der Waals surface area contributed by atoms with Crippen LogP contribution in [-0.2, 0) is 13.1 Å². The number of aryl methyl sites for hydroxylation is 1. The van der Waals surface area contributed by atoms with Gasteiger partial charge in [0.2, 0.25) is 0 Å². The summed E-state index contributed by atoms with van der Waals surface area (Å²) in [4.78, 5) is 5.67. The summed E-state index contributed by atoms with van der Waals surface area (Å²) in [6.07, 6.45) is 1.93. The zero-order valence-electron chi connectivity index (χ0n) is 11.7. The van der Waals surface area contributed by atoms with Crippen LogP contribution < -0.4 is 5.32 Å². The molecule has 0 aliphatic rings. The molecule has 1 N–H and O–H groups in total. The second-order valence-corrected chi connectivity index (χ2v) is 6.58. The third kappa shape index (κ3) is 3.35. The molecule has 0 saturated heterocycles. The van der Waals surface area contributed by atoms with E-state index < -0.39 is 0 Å². The van der Waals surface area contributed by atoms with Gasteiger partial charge in [-0.15, -0.1) is 11.3 Å². The molecule has 0 saturated carbocycles. The van der Waals surface area contributed by atoms with Gasteiger partial charge in [-0.3, -0.25) is 4.57 Å². The average molecular weight is 318 g/mol. The minimum atomic E-state index is 0.769. The van der Waals surface area contributed by atoms with Crippen molar-refractivity contribution >= 4 is 22.9 Å². The van der Waals surface area contributed by atoms with E-state index in [1.807, 2.05) is 37.4 Å². The summed E-state index contributed by atoms with van der Waals surface area (Å²) in [5.41, 5.74) is 2.30. The first-order chi connectivity index (χ1) is 10.2. The maximum Gasteiger partial charge on any atom is 0.110 e. The Labute approximate surface area is 133 Å². The van der Waals surface area contributed by atoms with Crippen molar-refractivity contribution in [1.82, 2.24) is 14.9 Å². The van der Waals surface area contributed by atoms with E-state index in [1.54, 1.807) is 11.3 Å². The lowest BCUT2D eigenvalue weighted by atomic mass is 10.3. The van der Waals surface area contributed by atoms with Crippen molar-refractivity contribution in [1.29, 1.82) is 0 Å². The number of aromatic nitrogens is 2. The normalized spacial score (nSPS) is 11.0. The van der Waals surface area contributed by atoms with Gasteiger partial charge in [-0.2, -0.15) is 0 Å². The first-order valence-electron chi connectivity index (χ1n) is 6.77. The quantitative estimate of drug-likeness (QED) is 0.765. The third-order valence-corrected chi connectivity index (χ3v) is 4.49. The van der Waals surface area contributed by atoms with Crippen molar-refractivity contribution in [2.45, 2.75) is 20.0 Å². The van der Waals surface area contributed by atoms with Gasteiger partial charge in [-0.05, 0) is 31.2 Å². The summed E-state index contributed by atoms with van der Waals surface area (Å²) in [5, 5.41) is 3.45. The second kappa shape index (κ2) is 6.43. The van der Waals surface area contributed by atoms with Gasteiger partial charge in [0.15, 0.2) is 0 Å². The van der Waals surface area contributed by atoms with Gasteiger partial charge in [0.05, 0.1) is 16.2 Å². The number of nitrogens with one attached hydrogen (secondary N) is 1. The summed E-state index contributed by atoms with van der Waals surface area (Å²) in [7, 11) is 0. The lowest BCUT2D eigenvalue weighted by Gasteiger charge is -2.10. The number of halogens is 1. The SMILES string of the molecule is Cc1ncc(CNCc2ccc(Cl)s2)n1-c1ccccc1. The topological polar surface area (TPSA) is 29.9 Å². The molecule has 0 radical (unpaired) electrons. The summed E-state index contributed by atoms with van der Waals surface area (Å²) in [6.45, 7) is 3.61. The molecule has 108 valence electrons. The first-order valence-corrected chi connectivity index (χ1v) is 7.97. The van der Waals surface area contributed by atoms with Gasteiger partial charge in [-0.25, -0.2) is 4.98 Å². The summed E-state index contributed by atoms with van der Waals surface area (Å²) in [6, 6.07) is 14.3. The number of hydrogen-bond acceptors (Lipinski definition) is 3. The number of thiophene rings is 1. The fraction of sp³-hybridized carbons (Fsp3) is 0.188. The smallest absolute Gasteiger partial charge is 0.110 e. The minimum absolute atomic E-state index is 0.769. The molecule has 21 heavy (non-hydrogen) atoms. The molecule has 0 unspecified atom stereocenters. The van der Waals surface area contributed by atoms with Crippen LogP contribution in [0.1, 0.15) is 16.4 Å². The third-order valence-electron chi connectivity index (χ3n) is 3.26. The van der Waals surface area contributed by atoms with E-state index in [2.05, 4.69) is 33.1 Å². The van der Waals surface area contributed by atoms with Crippen molar-refractivity contribution in [3.8, 4) is 5.69 Å². The standard InChI is InChI=1S/C16H16ClN3S/c1-12-19-10-14(20(12)13-5-3-2-4-6-13)9-18-11-15-7-8-16(17)21-15/h2-8,10,18H,9,11H2,1H3. The first kappa shape index (κ1) is 14.3. The molecular formula is C16H16ClN3S. The van der Waals surface area contributed by atoms with Crippen LogP contribution in [0.5, 0.6) is 0 Å². The summed E-state index contributed by atoms with van der Waals surface area (Å²) < 4.78 is 3.01. The van der Waals surface area contributed by atoms with E-state index in [0.29, 0.717) is 0 Å². The number of rotatable bonds is 5. The summed E-state index contributed by atoms with van der Waals surface area (Å²) in [5.74, 6) is 0.997. The van der Waals surface area contributed by atoms with Crippen LogP contribution in [0, 0.1) is 6.92 Å². The molecule has 2 heterocycles. The Hall–Kier alpha value is -1.62. The zero-order chi connectivity index (χ0) is 14.7. The van der Waals surface area contributed by atoms with Crippen LogP contribution in [0.15, 0.2) is 48.7 Å². The highest BCUT2D eigenvalue weighted by Crippen LogP contribution is 2.21. The average Bonchev–Trinajstić information content (AvgIpc) is 3.06. The maximum absolute atomic E-state index is 5.94. The van der Waals surface area contributed by atoms with Gasteiger partial charge < -0.3 is 5.32 Å². The van der Waals surface area contributed by atoms with E-state index in [0.717, 1.165) is 34.6 Å². The molecule has 3 rings (SSSR count). The second-order valence-electron chi connectivity index (χ2n) is 4.78. The van der Waals surface area contributed by atoms with Crippen LogP contribution in [0.3, 0.4) is 0 Å². The molecule has 3 nitrogen and oxygen atoms in total. The van der Waals surface area contributed by atoms with Crippen LogP contribution in [-0.4, -0.2) is 9.55 Å². The molecule has 0 bridgehead atoms. The van der Waals surface area contributed by atoms with E-state index in [1.165, 1.54) is 4.88 Å². The highest BCUT2D eigenvalue weighted by molar-refractivity contribution is 7.16. The van der Waals surface area contributed by atoms with Crippen molar-refractivity contribution in [3.05, 3.63) is 69.4 Å². The van der Waals surface area contributed by atoms with E-state index in [4.69, 9.17) is 11.6 Å². The minimum Gasteiger partial charge on any atom is -0.306 e. The molecule has 1 aromatic carbocycles. The lowest BCUT2D eigenvalue weighted by molar-refractivity contribution is 0.673. The fourth-order valence-corrected chi connectivity index (χ4v) is 3.36. The monoisotopic (exact) mass is 317 g/mol. The summed E-state index contributed by atoms with van der Waals surface area (Å²) >= 11 is 7.55. The molecule has 0 fully saturated rings. The Bertz CT molecular complexity index is 718.